The van der Waals surface area contributed by atoms with E-state index in [2.05, 4.69) is 9.72 Å². The van der Waals surface area contributed by atoms with Crippen LogP contribution in [-0.4, -0.2) is 11.3 Å². The van der Waals surface area contributed by atoms with Crippen LogP contribution in [-0.2, 0) is 6.18 Å². The number of alkyl halides is 6. The second-order valence-electron chi connectivity index (χ2n) is 4.24. The standard InChI is InChI=1S/C13H8F6N2O/c14-12(15,16)10-5-8(6-11(20)21-10)7-2-1-3-9(4-7)22-13(17,18)19/h1-6H,(H2,20,21). The fourth-order valence-corrected chi connectivity index (χ4v) is 1.74. The minimum absolute atomic E-state index is 0.0209. The lowest BCUT2D eigenvalue weighted by molar-refractivity contribution is -0.274. The van der Waals surface area contributed by atoms with Crippen LogP contribution in [0.5, 0.6) is 5.75 Å². The van der Waals surface area contributed by atoms with Crippen LogP contribution in [0.3, 0.4) is 0 Å². The van der Waals surface area contributed by atoms with Crippen LogP contribution in [0, 0.1) is 0 Å². The van der Waals surface area contributed by atoms with Gasteiger partial charge in [0.05, 0.1) is 0 Å². The molecule has 1 aromatic heterocycles. The van der Waals surface area contributed by atoms with Gasteiger partial charge in [0.15, 0.2) is 0 Å². The Morgan fingerprint density at radius 2 is 1.59 bits per heavy atom. The first-order valence-corrected chi connectivity index (χ1v) is 5.75. The number of hydrogen-bond donors (Lipinski definition) is 1. The highest BCUT2D eigenvalue weighted by atomic mass is 19.4. The van der Waals surface area contributed by atoms with E-state index < -0.39 is 29.8 Å². The molecule has 0 bridgehead atoms. The van der Waals surface area contributed by atoms with Crippen molar-refractivity contribution in [1.82, 2.24) is 4.98 Å². The third-order valence-electron chi connectivity index (χ3n) is 2.54. The Labute approximate surface area is 120 Å². The van der Waals surface area contributed by atoms with Crippen molar-refractivity contribution < 1.29 is 31.1 Å². The Morgan fingerprint density at radius 3 is 2.18 bits per heavy atom. The zero-order valence-electron chi connectivity index (χ0n) is 10.7. The first kappa shape index (κ1) is 15.9. The molecule has 3 nitrogen and oxygen atoms in total. The molecular weight excluding hydrogens is 314 g/mol. The van der Waals surface area contributed by atoms with Crippen LogP contribution in [0.2, 0.25) is 0 Å². The molecule has 2 rings (SSSR count). The number of nitrogen functional groups attached to an aromatic ring is 1. The van der Waals surface area contributed by atoms with Crippen molar-refractivity contribution in [3.63, 3.8) is 0 Å². The van der Waals surface area contributed by atoms with Gasteiger partial charge in [-0.2, -0.15) is 13.2 Å². The molecule has 0 aliphatic heterocycles. The fourth-order valence-electron chi connectivity index (χ4n) is 1.74. The van der Waals surface area contributed by atoms with Gasteiger partial charge in [0, 0.05) is 0 Å². The second kappa shape index (κ2) is 5.39. The molecule has 0 unspecified atom stereocenters. The van der Waals surface area contributed by atoms with Gasteiger partial charge in [0.1, 0.15) is 17.3 Å². The number of anilines is 1. The van der Waals surface area contributed by atoms with E-state index in [1.54, 1.807) is 0 Å². The van der Waals surface area contributed by atoms with Crippen LogP contribution in [0.15, 0.2) is 36.4 Å². The topological polar surface area (TPSA) is 48.1 Å². The monoisotopic (exact) mass is 322 g/mol. The largest absolute Gasteiger partial charge is 0.573 e. The van der Waals surface area contributed by atoms with Crippen LogP contribution in [0.1, 0.15) is 5.69 Å². The number of rotatable bonds is 2. The normalized spacial score (nSPS) is 12.3. The van der Waals surface area contributed by atoms with Crippen molar-refractivity contribution in [3.05, 3.63) is 42.1 Å². The predicted molar refractivity (Wildman–Crippen MR) is 65.8 cm³/mol. The molecule has 0 atom stereocenters. The molecule has 2 aromatic rings. The smallest absolute Gasteiger partial charge is 0.406 e. The molecule has 0 fully saturated rings. The summed E-state index contributed by atoms with van der Waals surface area (Å²) >= 11 is 0. The lowest BCUT2D eigenvalue weighted by Gasteiger charge is -2.12. The van der Waals surface area contributed by atoms with Crippen LogP contribution in [0.4, 0.5) is 32.2 Å². The number of halogens is 6. The van der Waals surface area contributed by atoms with Crippen LogP contribution < -0.4 is 10.5 Å². The van der Waals surface area contributed by atoms with E-state index in [0.717, 1.165) is 18.2 Å². The summed E-state index contributed by atoms with van der Waals surface area (Å²) in [5.41, 5.74) is 4.14. The van der Waals surface area contributed by atoms with E-state index in [1.165, 1.54) is 12.1 Å². The maximum atomic E-state index is 12.7. The van der Waals surface area contributed by atoms with Crippen molar-refractivity contribution in [2.45, 2.75) is 12.5 Å². The molecule has 0 spiro atoms. The molecule has 0 aliphatic carbocycles. The van der Waals surface area contributed by atoms with E-state index in [-0.39, 0.29) is 11.1 Å². The van der Waals surface area contributed by atoms with Gasteiger partial charge in [-0.05, 0) is 35.4 Å². The van der Waals surface area contributed by atoms with E-state index in [9.17, 15) is 26.3 Å². The number of ether oxygens (including phenoxy) is 1. The van der Waals surface area contributed by atoms with E-state index in [4.69, 9.17) is 5.73 Å². The maximum Gasteiger partial charge on any atom is 0.573 e. The van der Waals surface area contributed by atoms with E-state index >= 15 is 0 Å². The Kier molecular flexibility index (Phi) is 3.90. The summed E-state index contributed by atoms with van der Waals surface area (Å²) in [6, 6.07) is 6.37. The molecule has 0 aliphatic rings. The predicted octanol–water partition coefficient (Wildman–Crippen LogP) is 4.25. The lowest BCUT2D eigenvalue weighted by Crippen LogP contribution is -2.17. The molecule has 0 amide bonds. The molecule has 118 valence electrons. The number of pyridine rings is 1. The molecular formula is C13H8F6N2O. The minimum atomic E-state index is -4.90. The van der Waals surface area contributed by atoms with Gasteiger partial charge in [-0.1, -0.05) is 12.1 Å². The summed E-state index contributed by atoms with van der Waals surface area (Å²) in [5, 5.41) is 0. The highest BCUT2D eigenvalue weighted by molar-refractivity contribution is 5.68. The fraction of sp³-hybridized carbons (Fsp3) is 0.154. The summed E-state index contributed by atoms with van der Waals surface area (Å²) in [7, 11) is 0. The Balaban J connectivity index is 2.44. The van der Waals surface area contributed by atoms with Crippen molar-refractivity contribution >= 4 is 5.82 Å². The molecule has 0 saturated carbocycles. The highest BCUT2D eigenvalue weighted by Crippen LogP contribution is 2.33. The zero-order chi connectivity index (χ0) is 16.5. The van der Waals surface area contributed by atoms with Gasteiger partial charge in [-0.3, -0.25) is 0 Å². The third-order valence-corrected chi connectivity index (χ3v) is 2.54. The summed E-state index contributed by atoms with van der Waals surface area (Å²) in [5.74, 6) is -0.944. The first-order valence-electron chi connectivity index (χ1n) is 5.75. The Hall–Kier alpha value is -2.45. The molecule has 22 heavy (non-hydrogen) atoms. The number of hydrogen-bond acceptors (Lipinski definition) is 3. The second-order valence-corrected chi connectivity index (χ2v) is 4.24. The minimum Gasteiger partial charge on any atom is -0.406 e. The molecule has 0 radical (unpaired) electrons. The van der Waals surface area contributed by atoms with E-state index in [1.807, 2.05) is 0 Å². The number of aromatic nitrogens is 1. The van der Waals surface area contributed by atoms with E-state index in [0.29, 0.717) is 6.07 Å². The van der Waals surface area contributed by atoms with Gasteiger partial charge in [0.2, 0.25) is 0 Å². The Morgan fingerprint density at radius 1 is 0.909 bits per heavy atom. The van der Waals surface area contributed by atoms with Gasteiger partial charge in [-0.25, -0.2) is 4.98 Å². The lowest BCUT2D eigenvalue weighted by atomic mass is 10.1. The van der Waals surface area contributed by atoms with Crippen molar-refractivity contribution in [2.75, 3.05) is 5.73 Å². The summed E-state index contributed by atoms with van der Waals surface area (Å²) in [6.45, 7) is 0. The number of benzene rings is 1. The van der Waals surface area contributed by atoms with Crippen molar-refractivity contribution in [2.24, 2.45) is 0 Å². The summed E-state index contributed by atoms with van der Waals surface area (Å²) in [4.78, 5) is 3.15. The van der Waals surface area contributed by atoms with Crippen molar-refractivity contribution in [3.8, 4) is 16.9 Å². The van der Waals surface area contributed by atoms with Crippen LogP contribution >= 0.6 is 0 Å². The first-order chi connectivity index (χ1) is 10.0. The number of nitrogens with two attached hydrogens (primary N) is 1. The molecule has 1 aromatic carbocycles. The third kappa shape index (κ3) is 4.03. The average molecular weight is 322 g/mol. The van der Waals surface area contributed by atoms with Crippen molar-refractivity contribution in [1.29, 1.82) is 0 Å². The average Bonchev–Trinajstić information content (AvgIpc) is 2.35. The van der Waals surface area contributed by atoms with Gasteiger partial charge in [-0.15, -0.1) is 13.2 Å². The molecule has 0 saturated heterocycles. The van der Waals surface area contributed by atoms with Crippen LogP contribution in [0.25, 0.3) is 11.1 Å². The zero-order valence-corrected chi connectivity index (χ0v) is 10.7. The Bertz CT molecular complexity index is 681. The highest BCUT2D eigenvalue weighted by Gasteiger charge is 2.33. The quantitative estimate of drug-likeness (QED) is 0.841. The van der Waals surface area contributed by atoms with Gasteiger partial charge < -0.3 is 10.5 Å². The maximum absolute atomic E-state index is 12.7. The molecule has 1 heterocycles. The van der Waals surface area contributed by atoms with Gasteiger partial charge >= 0.3 is 12.5 Å². The summed E-state index contributed by atoms with van der Waals surface area (Å²) < 4.78 is 78.2. The van der Waals surface area contributed by atoms with Gasteiger partial charge in [0.25, 0.3) is 0 Å². The molecule has 9 heteroatoms. The summed E-state index contributed by atoms with van der Waals surface area (Å²) in [6.07, 6.45) is -9.61. The number of nitrogens with zero attached hydrogens (tertiary/aromatic N) is 1. The molecule has 2 N–H and O–H groups in total. The SMILES string of the molecule is Nc1cc(-c2cccc(OC(F)(F)F)c2)cc(C(F)(F)F)n1.